The van der Waals surface area contributed by atoms with E-state index in [1.54, 1.807) is 29.1 Å². The normalized spacial score (nSPS) is 12.1. The van der Waals surface area contributed by atoms with Crippen LogP contribution in [0.1, 0.15) is 48.8 Å². The molecule has 0 aliphatic heterocycles. The van der Waals surface area contributed by atoms with Crippen LogP contribution in [0.3, 0.4) is 0 Å². The summed E-state index contributed by atoms with van der Waals surface area (Å²) in [6.07, 6.45) is 2.88. The maximum atomic E-state index is 12.0. The SMILES string of the molecule is CCC(C)n1nccc1NC(=O)CCC(=O)c1ccc(Cl)s1. The Kier molecular flexibility index (Phi) is 5.74. The molecule has 0 aliphatic rings. The minimum absolute atomic E-state index is 0.0671. The fourth-order valence-electron chi connectivity index (χ4n) is 1.96. The van der Waals surface area contributed by atoms with E-state index in [2.05, 4.69) is 17.3 Å². The summed E-state index contributed by atoms with van der Waals surface area (Å²) in [7, 11) is 0. The Balaban J connectivity index is 1.88. The summed E-state index contributed by atoms with van der Waals surface area (Å²) in [5, 5.41) is 7.01. The Morgan fingerprint density at radius 1 is 1.36 bits per heavy atom. The van der Waals surface area contributed by atoms with E-state index in [0.29, 0.717) is 15.0 Å². The maximum Gasteiger partial charge on any atom is 0.225 e. The van der Waals surface area contributed by atoms with Crippen molar-refractivity contribution in [2.75, 3.05) is 5.32 Å². The van der Waals surface area contributed by atoms with Crippen molar-refractivity contribution in [1.29, 1.82) is 0 Å². The summed E-state index contributed by atoms with van der Waals surface area (Å²) in [6.45, 7) is 4.09. The summed E-state index contributed by atoms with van der Waals surface area (Å²) in [5.74, 6) is 0.398. The number of nitrogens with one attached hydrogen (secondary N) is 1. The third-order valence-electron chi connectivity index (χ3n) is 3.37. The molecule has 1 atom stereocenters. The smallest absolute Gasteiger partial charge is 0.225 e. The van der Waals surface area contributed by atoms with Crippen LogP contribution in [-0.4, -0.2) is 21.5 Å². The molecule has 0 saturated carbocycles. The van der Waals surface area contributed by atoms with Crippen LogP contribution in [0.2, 0.25) is 4.34 Å². The van der Waals surface area contributed by atoms with Gasteiger partial charge in [-0.05, 0) is 25.5 Å². The van der Waals surface area contributed by atoms with E-state index in [-0.39, 0.29) is 30.6 Å². The number of ketones is 1. The number of nitrogens with zero attached hydrogens (tertiary/aromatic N) is 2. The number of amides is 1. The third kappa shape index (κ3) is 4.18. The lowest BCUT2D eigenvalue weighted by molar-refractivity contribution is -0.116. The lowest BCUT2D eigenvalue weighted by Crippen LogP contribution is -2.18. The molecule has 2 aromatic heterocycles. The summed E-state index contributed by atoms with van der Waals surface area (Å²) >= 11 is 7.03. The van der Waals surface area contributed by atoms with Gasteiger partial charge in [0, 0.05) is 18.9 Å². The fraction of sp³-hybridized carbons (Fsp3) is 0.400. The highest BCUT2D eigenvalue weighted by atomic mass is 35.5. The van der Waals surface area contributed by atoms with Gasteiger partial charge in [-0.25, -0.2) is 4.68 Å². The summed E-state index contributed by atoms with van der Waals surface area (Å²) in [4.78, 5) is 24.5. The van der Waals surface area contributed by atoms with E-state index in [4.69, 9.17) is 11.6 Å². The number of hydrogen-bond donors (Lipinski definition) is 1. The van der Waals surface area contributed by atoms with Crippen LogP contribution in [0, 0.1) is 0 Å². The van der Waals surface area contributed by atoms with Gasteiger partial charge in [0.15, 0.2) is 5.78 Å². The highest BCUT2D eigenvalue weighted by Crippen LogP contribution is 2.23. The van der Waals surface area contributed by atoms with Gasteiger partial charge in [0.2, 0.25) is 5.91 Å². The number of Topliss-reactive ketones (excluding diaryl/α,β-unsaturated/α-hetero) is 1. The first-order valence-corrected chi connectivity index (χ1v) is 8.32. The predicted molar refractivity (Wildman–Crippen MR) is 88.8 cm³/mol. The van der Waals surface area contributed by atoms with Crippen molar-refractivity contribution in [2.45, 2.75) is 39.2 Å². The zero-order valence-corrected chi connectivity index (χ0v) is 14.1. The van der Waals surface area contributed by atoms with Crippen molar-refractivity contribution in [3.63, 3.8) is 0 Å². The van der Waals surface area contributed by atoms with E-state index >= 15 is 0 Å². The first-order chi connectivity index (χ1) is 10.5. The molecule has 0 bridgehead atoms. The van der Waals surface area contributed by atoms with Crippen LogP contribution < -0.4 is 5.32 Å². The molecular formula is C15H18ClN3O2S. The Bertz CT molecular complexity index is 665. The van der Waals surface area contributed by atoms with E-state index < -0.39 is 0 Å². The number of hydrogen-bond acceptors (Lipinski definition) is 4. The van der Waals surface area contributed by atoms with Crippen LogP contribution in [0.4, 0.5) is 5.82 Å². The highest BCUT2D eigenvalue weighted by Gasteiger charge is 2.14. The molecule has 0 spiro atoms. The largest absolute Gasteiger partial charge is 0.311 e. The van der Waals surface area contributed by atoms with Crippen molar-refractivity contribution in [1.82, 2.24) is 9.78 Å². The van der Waals surface area contributed by atoms with E-state index in [1.807, 2.05) is 6.92 Å². The lowest BCUT2D eigenvalue weighted by atomic mass is 10.2. The zero-order valence-electron chi connectivity index (χ0n) is 12.5. The van der Waals surface area contributed by atoms with Gasteiger partial charge in [0.1, 0.15) is 5.82 Å². The van der Waals surface area contributed by atoms with Gasteiger partial charge in [-0.2, -0.15) is 5.10 Å². The predicted octanol–water partition coefficient (Wildman–Crippen LogP) is 4.17. The minimum Gasteiger partial charge on any atom is -0.311 e. The number of carbonyl (C=O) groups is 2. The molecule has 2 aromatic rings. The third-order valence-corrected chi connectivity index (χ3v) is 4.65. The topological polar surface area (TPSA) is 64.0 Å². The first-order valence-electron chi connectivity index (χ1n) is 7.13. The van der Waals surface area contributed by atoms with Crippen LogP contribution in [0.5, 0.6) is 0 Å². The Hall–Kier alpha value is -1.66. The summed E-state index contributed by atoms with van der Waals surface area (Å²) < 4.78 is 2.35. The molecule has 2 rings (SSSR count). The summed E-state index contributed by atoms with van der Waals surface area (Å²) in [5.41, 5.74) is 0. The number of aromatic nitrogens is 2. The van der Waals surface area contributed by atoms with Crippen molar-refractivity contribution >= 4 is 40.4 Å². The highest BCUT2D eigenvalue weighted by molar-refractivity contribution is 7.18. The molecular weight excluding hydrogens is 322 g/mol. The van der Waals surface area contributed by atoms with Gasteiger partial charge in [0.25, 0.3) is 0 Å². The van der Waals surface area contributed by atoms with E-state index in [9.17, 15) is 9.59 Å². The number of anilines is 1. The average molecular weight is 340 g/mol. The number of thiophene rings is 1. The second-order valence-corrected chi connectivity index (χ2v) is 6.71. The Morgan fingerprint density at radius 3 is 2.77 bits per heavy atom. The molecule has 1 unspecified atom stereocenters. The molecule has 0 fully saturated rings. The molecule has 1 amide bonds. The van der Waals surface area contributed by atoms with Crippen molar-refractivity contribution in [3.8, 4) is 0 Å². The quantitative estimate of drug-likeness (QED) is 0.770. The molecule has 0 radical (unpaired) electrons. The molecule has 0 saturated heterocycles. The van der Waals surface area contributed by atoms with Crippen molar-refractivity contribution < 1.29 is 9.59 Å². The zero-order chi connectivity index (χ0) is 16.1. The maximum absolute atomic E-state index is 12.0. The van der Waals surface area contributed by atoms with Gasteiger partial charge in [-0.3, -0.25) is 9.59 Å². The van der Waals surface area contributed by atoms with Crippen molar-refractivity contribution in [3.05, 3.63) is 33.6 Å². The lowest BCUT2D eigenvalue weighted by Gasteiger charge is -2.14. The number of carbonyl (C=O) groups excluding carboxylic acids is 2. The van der Waals surface area contributed by atoms with Crippen molar-refractivity contribution in [2.24, 2.45) is 0 Å². The molecule has 2 heterocycles. The molecule has 5 nitrogen and oxygen atoms in total. The number of rotatable bonds is 7. The Morgan fingerprint density at radius 2 is 2.14 bits per heavy atom. The molecule has 0 aromatic carbocycles. The average Bonchev–Trinajstić information content (AvgIpc) is 3.13. The van der Waals surface area contributed by atoms with Gasteiger partial charge in [0.05, 0.1) is 21.5 Å². The van der Waals surface area contributed by atoms with E-state index in [0.717, 1.165) is 6.42 Å². The number of halogens is 1. The Labute approximate surface area is 138 Å². The monoisotopic (exact) mass is 339 g/mol. The van der Waals surface area contributed by atoms with Gasteiger partial charge >= 0.3 is 0 Å². The minimum atomic E-state index is -0.193. The van der Waals surface area contributed by atoms with E-state index in [1.165, 1.54) is 11.3 Å². The molecule has 118 valence electrons. The summed E-state index contributed by atoms with van der Waals surface area (Å²) in [6, 6.07) is 5.33. The van der Waals surface area contributed by atoms with Gasteiger partial charge in [-0.1, -0.05) is 18.5 Å². The first kappa shape index (κ1) is 16.7. The molecule has 1 N–H and O–H groups in total. The standard InChI is InChI=1S/C15H18ClN3O2S/c1-3-10(2)19-14(8-9-17-19)18-15(21)7-4-11(20)12-5-6-13(16)22-12/h5-6,8-10H,3-4,7H2,1-2H3,(H,18,21). The second-order valence-electron chi connectivity index (χ2n) is 4.99. The van der Waals surface area contributed by atoms with Crippen LogP contribution in [0.25, 0.3) is 0 Å². The van der Waals surface area contributed by atoms with Crippen LogP contribution in [-0.2, 0) is 4.79 Å². The molecule has 0 aliphatic carbocycles. The van der Waals surface area contributed by atoms with Crippen LogP contribution in [0.15, 0.2) is 24.4 Å². The second kappa shape index (κ2) is 7.56. The molecule has 22 heavy (non-hydrogen) atoms. The van der Waals surface area contributed by atoms with Crippen LogP contribution >= 0.6 is 22.9 Å². The molecule has 7 heteroatoms. The van der Waals surface area contributed by atoms with Gasteiger partial charge in [-0.15, -0.1) is 11.3 Å². The fourth-order valence-corrected chi connectivity index (χ4v) is 2.97. The van der Waals surface area contributed by atoms with Gasteiger partial charge < -0.3 is 5.32 Å².